The van der Waals surface area contributed by atoms with Crippen molar-refractivity contribution in [2.75, 3.05) is 24.6 Å². The third-order valence-corrected chi connectivity index (χ3v) is 5.85. The lowest BCUT2D eigenvalue weighted by Crippen LogP contribution is -2.28. The van der Waals surface area contributed by atoms with Crippen LogP contribution in [0.5, 0.6) is 0 Å². The number of pyridine rings is 2. The van der Waals surface area contributed by atoms with Crippen molar-refractivity contribution in [3.8, 4) is 11.1 Å². The zero-order valence-corrected chi connectivity index (χ0v) is 17.8. The summed E-state index contributed by atoms with van der Waals surface area (Å²) in [6.07, 6.45) is 6.99. The van der Waals surface area contributed by atoms with Gasteiger partial charge in [-0.3, -0.25) is 9.78 Å². The van der Waals surface area contributed by atoms with Gasteiger partial charge in [-0.1, -0.05) is 0 Å². The number of nitrogens with two attached hydrogens (primary N) is 1. The second-order valence-electron chi connectivity index (χ2n) is 7.99. The van der Waals surface area contributed by atoms with Crippen molar-refractivity contribution in [2.24, 2.45) is 0 Å². The monoisotopic (exact) mass is 431 g/mol. The molecule has 4 heterocycles. The van der Waals surface area contributed by atoms with Crippen molar-refractivity contribution in [2.45, 2.75) is 19.9 Å². The molecule has 9 heteroatoms. The number of likely N-dealkylation sites (N-methyl/N-ethyl adjacent to an activating group) is 1. The first-order valence-electron chi connectivity index (χ1n) is 10.3. The predicted molar refractivity (Wildman–Crippen MR) is 121 cm³/mol. The van der Waals surface area contributed by atoms with E-state index in [9.17, 15) is 4.79 Å². The predicted octanol–water partition coefficient (Wildman–Crippen LogP) is 3.28. The first-order chi connectivity index (χ1) is 15.4. The lowest BCUT2D eigenvalue weighted by atomic mass is 9.98. The lowest BCUT2D eigenvalue weighted by molar-refractivity contribution is -0.128. The van der Waals surface area contributed by atoms with Crippen LogP contribution in [-0.4, -0.2) is 43.9 Å². The summed E-state index contributed by atoms with van der Waals surface area (Å²) in [5, 5.41) is 4.47. The Hall–Kier alpha value is -4.01. The molecule has 0 saturated carbocycles. The van der Waals surface area contributed by atoms with Gasteiger partial charge >= 0.3 is 0 Å². The van der Waals surface area contributed by atoms with Gasteiger partial charge in [-0.15, -0.1) is 0 Å². The number of nitrogen functional groups attached to an aromatic ring is 1. The van der Waals surface area contributed by atoms with Crippen LogP contribution in [0.3, 0.4) is 0 Å². The summed E-state index contributed by atoms with van der Waals surface area (Å²) in [4.78, 5) is 26.9. The molecular formula is C23H22FN7O. The van der Waals surface area contributed by atoms with Gasteiger partial charge in [0.25, 0.3) is 0 Å². The third-order valence-electron chi connectivity index (χ3n) is 5.85. The topological polar surface area (TPSA) is 102 Å². The number of fused-ring (bicyclic) bond motifs is 2. The van der Waals surface area contributed by atoms with Gasteiger partial charge in [0, 0.05) is 61.4 Å². The van der Waals surface area contributed by atoms with Crippen molar-refractivity contribution < 1.29 is 9.18 Å². The molecule has 0 fully saturated rings. The second kappa shape index (κ2) is 7.60. The fourth-order valence-corrected chi connectivity index (χ4v) is 3.94. The standard InChI is InChI=1S/C23H22FN7O/c1-13-3-4-26-10-16(13)15-7-14-8-18(27-11-17(14)23(25)22(15)24)28-19-12-31-6-5-30(2)21(32)9-20(31)29-19/h3-4,7-8,10-12H,5-6,9,25H2,1-2H3,(H,27,28). The van der Waals surface area contributed by atoms with E-state index in [-0.39, 0.29) is 18.0 Å². The number of aryl methyl sites for hydroxylation is 1. The van der Waals surface area contributed by atoms with Gasteiger partial charge in [0.05, 0.1) is 12.1 Å². The van der Waals surface area contributed by atoms with Crippen molar-refractivity contribution >= 4 is 34.0 Å². The Morgan fingerprint density at radius 1 is 1.16 bits per heavy atom. The highest BCUT2D eigenvalue weighted by Gasteiger charge is 2.20. The first-order valence-corrected chi connectivity index (χ1v) is 10.3. The summed E-state index contributed by atoms with van der Waals surface area (Å²) in [6, 6.07) is 5.40. The maximum Gasteiger partial charge on any atom is 0.229 e. The number of aromatic nitrogens is 4. The summed E-state index contributed by atoms with van der Waals surface area (Å²) in [6.45, 7) is 3.22. The zero-order chi connectivity index (χ0) is 22.4. The number of halogens is 1. The van der Waals surface area contributed by atoms with E-state index in [0.717, 1.165) is 10.9 Å². The smallest absolute Gasteiger partial charge is 0.229 e. The van der Waals surface area contributed by atoms with E-state index in [0.29, 0.717) is 47.1 Å². The molecule has 1 aliphatic heterocycles. The molecule has 0 spiro atoms. The van der Waals surface area contributed by atoms with Crippen LogP contribution in [0.2, 0.25) is 0 Å². The number of imidazole rings is 1. The van der Waals surface area contributed by atoms with Crippen LogP contribution in [0.25, 0.3) is 21.9 Å². The fourth-order valence-electron chi connectivity index (χ4n) is 3.94. The Balaban J connectivity index is 1.51. The normalized spacial score (nSPS) is 13.8. The minimum atomic E-state index is -0.483. The van der Waals surface area contributed by atoms with Crippen molar-refractivity contribution in [1.82, 2.24) is 24.4 Å². The number of benzene rings is 1. The lowest BCUT2D eigenvalue weighted by Gasteiger charge is -2.13. The second-order valence-corrected chi connectivity index (χ2v) is 7.99. The molecule has 5 rings (SSSR count). The Bertz CT molecular complexity index is 1360. The maximum absolute atomic E-state index is 15.0. The number of hydrogen-bond donors (Lipinski definition) is 2. The molecule has 0 atom stereocenters. The van der Waals surface area contributed by atoms with E-state index in [2.05, 4.69) is 20.3 Å². The number of anilines is 3. The highest BCUT2D eigenvalue weighted by Crippen LogP contribution is 2.35. The Morgan fingerprint density at radius 2 is 2.00 bits per heavy atom. The molecule has 3 aromatic heterocycles. The average molecular weight is 431 g/mol. The number of carbonyl (C=O) groups is 1. The van der Waals surface area contributed by atoms with Crippen LogP contribution >= 0.6 is 0 Å². The molecule has 0 aliphatic carbocycles. The SMILES string of the molecule is Cc1ccncc1-c1cc2cc(Nc3cn4c(n3)CC(=O)N(C)CC4)ncc2c(N)c1F. The molecule has 8 nitrogen and oxygen atoms in total. The van der Waals surface area contributed by atoms with Crippen LogP contribution in [0.4, 0.5) is 21.7 Å². The fraction of sp³-hybridized carbons (Fsp3) is 0.217. The van der Waals surface area contributed by atoms with Crippen molar-refractivity contribution in [1.29, 1.82) is 0 Å². The maximum atomic E-state index is 15.0. The molecular weight excluding hydrogens is 409 g/mol. The Kier molecular flexibility index (Phi) is 4.73. The number of nitrogens with zero attached hydrogens (tertiary/aromatic N) is 5. The molecule has 1 aromatic carbocycles. The van der Waals surface area contributed by atoms with Crippen molar-refractivity contribution in [3.63, 3.8) is 0 Å². The average Bonchev–Trinajstić information content (AvgIpc) is 3.09. The minimum Gasteiger partial charge on any atom is -0.396 e. The third kappa shape index (κ3) is 3.41. The summed E-state index contributed by atoms with van der Waals surface area (Å²) in [5.74, 6) is 1.42. The molecule has 1 aliphatic rings. The Labute approximate surface area is 183 Å². The molecule has 0 radical (unpaired) electrons. The number of rotatable bonds is 3. The Morgan fingerprint density at radius 3 is 2.81 bits per heavy atom. The quantitative estimate of drug-likeness (QED) is 0.483. The minimum absolute atomic E-state index is 0.0421. The van der Waals surface area contributed by atoms with E-state index < -0.39 is 5.82 Å². The molecule has 162 valence electrons. The van der Waals surface area contributed by atoms with Crippen LogP contribution in [-0.2, 0) is 17.8 Å². The van der Waals surface area contributed by atoms with Gasteiger partial charge in [-0.2, -0.15) is 0 Å². The van der Waals surface area contributed by atoms with Gasteiger partial charge in [-0.25, -0.2) is 14.4 Å². The summed E-state index contributed by atoms with van der Waals surface area (Å²) < 4.78 is 17.0. The molecule has 3 N–H and O–H groups in total. The van der Waals surface area contributed by atoms with Crippen LogP contribution in [0.15, 0.2) is 43.0 Å². The van der Waals surface area contributed by atoms with Crippen LogP contribution in [0, 0.1) is 12.7 Å². The highest BCUT2D eigenvalue weighted by atomic mass is 19.1. The first kappa shape index (κ1) is 19.9. The summed E-state index contributed by atoms with van der Waals surface area (Å²) >= 11 is 0. The van der Waals surface area contributed by atoms with Crippen molar-refractivity contribution in [3.05, 3.63) is 60.2 Å². The van der Waals surface area contributed by atoms with Gasteiger partial charge in [0.2, 0.25) is 5.91 Å². The number of hydrogen-bond acceptors (Lipinski definition) is 6. The number of nitrogens with one attached hydrogen (secondary N) is 1. The molecule has 32 heavy (non-hydrogen) atoms. The number of carbonyl (C=O) groups excluding carboxylic acids is 1. The van der Waals surface area contributed by atoms with Gasteiger partial charge in [0.15, 0.2) is 5.82 Å². The molecule has 0 bridgehead atoms. The summed E-state index contributed by atoms with van der Waals surface area (Å²) in [7, 11) is 1.79. The van der Waals surface area contributed by atoms with Crippen LogP contribution in [0.1, 0.15) is 11.4 Å². The zero-order valence-electron chi connectivity index (χ0n) is 17.8. The largest absolute Gasteiger partial charge is 0.396 e. The van der Waals surface area contributed by atoms with E-state index in [1.807, 2.05) is 29.8 Å². The highest BCUT2D eigenvalue weighted by molar-refractivity contribution is 5.98. The van der Waals surface area contributed by atoms with E-state index in [4.69, 9.17) is 5.73 Å². The van der Waals surface area contributed by atoms with Crippen LogP contribution < -0.4 is 11.1 Å². The molecule has 4 aromatic rings. The van der Waals surface area contributed by atoms with E-state index >= 15 is 4.39 Å². The van der Waals surface area contributed by atoms with Gasteiger partial charge < -0.3 is 20.5 Å². The van der Waals surface area contributed by atoms with Gasteiger partial charge in [-0.05, 0) is 36.1 Å². The summed E-state index contributed by atoms with van der Waals surface area (Å²) in [5.41, 5.74) is 8.16. The molecule has 0 unspecified atom stereocenters. The molecule has 1 amide bonds. The van der Waals surface area contributed by atoms with E-state index in [1.165, 1.54) is 0 Å². The molecule has 0 saturated heterocycles. The van der Waals surface area contributed by atoms with E-state index in [1.54, 1.807) is 36.6 Å². The number of amides is 1. The van der Waals surface area contributed by atoms with Gasteiger partial charge in [0.1, 0.15) is 17.5 Å².